The minimum atomic E-state index is 0.919. The molecule has 2 nitrogen and oxygen atoms in total. The van der Waals surface area contributed by atoms with Crippen molar-refractivity contribution in [1.82, 2.24) is 0 Å². The van der Waals surface area contributed by atoms with Crippen LogP contribution in [0.2, 0.25) is 0 Å². The van der Waals surface area contributed by atoms with Crippen LogP contribution in [0.3, 0.4) is 0 Å². The van der Waals surface area contributed by atoms with Gasteiger partial charge >= 0.3 is 0 Å². The van der Waals surface area contributed by atoms with Crippen LogP contribution in [0.15, 0.2) is 45.2 Å². The highest BCUT2D eigenvalue weighted by atomic mass is 16.3. The highest BCUT2D eigenvalue weighted by Crippen LogP contribution is 2.44. The zero-order valence-corrected chi connectivity index (χ0v) is 17.1. The van der Waals surface area contributed by atoms with Crippen LogP contribution in [0, 0.1) is 0 Å². The van der Waals surface area contributed by atoms with Crippen molar-refractivity contribution in [2.45, 2.75) is 53.4 Å². The Hall–Kier alpha value is -2.74. The summed E-state index contributed by atoms with van der Waals surface area (Å²) in [5, 5.41) is 4.92. The molecular weight excluding hydrogens is 344 g/mol. The molecule has 5 rings (SSSR count). The molecule has 0 atom stereocenters. The molecule has 0 saturated carbocycles. The van der Waals surface area contributed by atoms with Crippen LogP contribution >= 0.6 is 0 Å². The number of benzene rings is 3. The van der Waals surface area contributed by atoms with E-state index in [1.807, 2.05) is 0 Å². The van der Waals surface area contributed by atoms with Gasteiger partial charge in [-0.2, -0.15) is 0 Å². The molecule has 0 aliphatic heterocycles. The van der Waals surface area contributed by atoms with E-state index in [0.29, 0.717) is 0 Å². The van der Waals surface area contributed by atoms with Gasteiger partial charge in [-0.25, -0.2) is 0 Å². The molecule has 28 heavy (non-hydrogen) atoms. The van der Waals surface area contributed by atoms with Crippen LogP contribution in [0.4, 0.5) is 0 Å². The largest absolute Gasteiger partial charge is 0.456 e. The molecule has 142 valence electrons. The summed E-state index contributed by atoms with van der Waals surface area (Å²) < 4.78 is 12.9. The van der Waals surface area contributed by atoms with Crippen LogP contribution in [0.5, 0.6) is 0 Å². The minimum absolute atomic E-state index is 0.919. The van der Waals surface area contributed by atoms with E-state index in [2.05, 4.69) is 64.1 Å². The normalized spacial score (nSPS) is 12.1. The first kappa shape index (κ1) is 17.4. The molecule has 5 aromatic rings. The summed E-state index contributed by atoms with van der Waals surface area (Å²) in [6, 6.07) is 13.2. The third-order valence-corrected chi connectivity index (χ3v) is 6.18. The molecule has 2 aromatic heterocycles. The van der Waals surface area contributed by atoms with Gasteiger partial charge in [-0.3, -0.25) is 0 Å². The molecule has 2 heteroatoms. The lowest BCUT2D eigenvalue weighted by Crippen LogP contribution is -1.90. The first-order valence-corrected chi connectivity index (χ1v) is 10.5. The number of aryl methyl sites for hydroxylation is 4. The van der Waals surface area contributed by atoms with Crippen molar-refractivity contribution < 1.29 is 8.83 Å². The second-order valence-electron chi connectivity index (χ2n) is 7.64. The Kier molecular flexibility index (Phi) is 3.97. The Morgan fingerprint density at radius 1 is 0.571 bits per heavy atom. The highest BCUT2D eigenvalue weighted by molar-refractivity contribution is 6.19. The Morgan fingerprint density at radius 3 is 1.36 bits per heavy atom. The molecule has 0 fully saturated rings. The second kappa shape index (κ2) is 6.41. The van der Waals surface area contributed by atoms with Gasteiger partial charge in [-0.05, 0) is 61.1 Å². The topological polar surface area (TPSA) is 26.3 Å². The zero-order valence-electron chi connectivity index (χ0n) is 17.1. The van der Waals surface area contributed by atoms with Gasteiger partial charge in [-0.1, -0.05) is 39.8 Å². The summed E-state index contributed by atoms with van der Waals surface area (Å²) in [6.07, 6.45) is 3.89. The van der Waals surface area contributed by atoms with Crippen LogP contribution in [-0.4, -0.2) is 0 Å². The number of hydrogen-bond donors (Lipinski definition) is 0. The van der Waals surface area contributed by atoms with Crippen molar-refractivity contribution in [2.75, 3.05) is 0 Å². The maximum Gasteiger partial charge on any atom is 0.139 e. The third kappa shape index (κ3) is 2.27. The van der Waals surface area contributed by atoms with Gasteiger partial charge in [-0.15, -0.1) is 0 Å². The summed E-state index contributed by atoms with van der Waals surface area (Å²) in [5.74, 6) is 0. The predicted molar refractivity (Wildman–Crippen MR) is 119 cm³/mol. The van der Waals surface area contributed by atoms with Gasteiger partial charge in [0, 0.05) is 32.7 Å². The molecule has 3 aromatic carbocycles. The minimum Gasteiger partial charge on any atom is -0.456 e. The Balaban J connectivity index is 2.04. The average Bonchev–Trinajstić information content (AvgIpc) is 3.29. The number of hydrogen-bond acceptors (Lipinski definition) is 2. The van der Waals surface area contributed by atoms with Crippen molar-refractivity contribution in [1.29, 1.82) is 0 Å². The molecule has 0 saturated heterocycles. The van der Waals surface area contributed by atoms with Gasteiger partial charge in [0.05, 0.1) is 0 Å². The van der Waals surface area contributed by atoms with E-state index < -0.39 is 0 Å². The Bertz CT molecular complexity index is 1240. The first-order valence-electron chi connectivity index (χ1n) is 10.5. The van der Waals surface area contributed by atoms with Gasteiger partial charge in [0.2, 0.25) is 0 Å². The monoisotopic (exact) mass is 370 g/mol. The van der Waals surface area contributed by atoms with E-state index in [4.69, 9.17) is 8.83 Å². The summed E-state index contributed by atoms with van der Waals surface area (Å²) in [7, 11) is 0. The van der Waals surface area contributed by atoms with Gasteiger partial charge in [0.25, 0.3) is 0 Å². The molecular formula is C26H26O2. The molecule has 0 N–H and O–H groups in total. The fourth-order valence-electron chi connectivity index (χ4n) is 4.66. The maximum atomic E-state index is 6.46. The highest BCUT2D eigenvalue weighted by Gasteiger charge is 2.23. The summed E-state index contributed by atoms with van der Waals surface area (Å²) in [5.41, 5.74) is 9.25. The van der Waals surface area contributed by atoms with Crippen molar-refractivity contribution in [2.24, 2.45) is 0 Å². The standard InChI is InChI=1S/C26H26O2/c1-5-15-9-11-21-19(13-15)23-17(7-3)26-24(18(8-4)25(23)27-21)20-14-16(6-2)10-12-22(20)28-26/h9-14H,5-8H2,1-4H3. The molecule has 0 aliphatic carbocycles. The van der Waals surface area contributed by atoms with Crippen LogP contribution in [-0.2, 0) is 25.7 Å². The van der Waals surface area contributed by atoms with Crippen molar-refractivity contribution in [3.05, 3.63) is 58.7 Å². The van der Waals surface area contributed by atoms with Crippen molar-refractivity contribution in [3.63, 3.8) is 0 Å². The maximum absolute atomic E-state index is 6.46. The smallest absolute Gasteiger partial charge is 0.139 e. The molecule has 0 unspecified atom stereocenters. The van der Waals surface area contributed by atoms with E-state index >= 15 is 0 Å². The Morgan fingerprint density at radius 2 is 1.00 bits per heavy atom. The van der Waals surface area contributed by atoms with Crippen LogP contribution in [0.1, 0.15) is 49.9 Å². The summed E-state index contributed by atoms with van der Waals surface area (Å²) in [6.45, 7) is 8.83. The molecule has 2 heterocycles. The Labute approximate surface area is 165 Å². The van der Waals surface area contributed by atoms with E-state index in [0.717, 1.165) is 48.0 Å². The lowest BCUT2D eigenvalue weighted by Gasteiger charge is -2.07. The molecule has 0 radical (unpaired) electrons. The number of furan rings is 2. The van der Waals surface area contributed by atoms with Gasteiger partial charge < -0.3 is 8.83 Å². The van der Waals surface area contributed by atoms with E-state index in [1.165, 1.54) is 43.8 Å². The van der Waals surface area contributed by atoms with E-state index in [1.54, 1.807) is 0 Å². The van der Waals surface area contributed by atoms with E-state index in [-0.39, 0.29) is 0 Å². The fourth-order valence-corrected chi connectivity index (χ4v) is 4.66. The van der Waals surface area contributed by atoms with Crippen LogP contribution < -0.4 is 0 Å². The number of rotatable bonds is 4. The third-order valence-electron chi connectivity index (χ3n) is 6.18. The zero-order chi connectivity index (χ0) is 19.4. The lowest BCUT2D eigenvalue weighted by atomic mass is 9.94. The van der Waals surface area contributed by atoms with Gasteiger partial charge in [0.15, 0.2) is 0 Å². The first-order chi connectivity index (χ1) is 13.7. The number of fused-ring (bicyclic) bond motifs is 6. The lowest BCUT2D eigenvalue weighted by molar-refractivity contribution is 0.656. The summed E-state index contributed by atoms with van der Waals surface area (Å²) >= 11 is 0. The fraction of sp³-hybridized carbons (Fsp3) is 0.308. The SMILES string of the molecule is CCc1ccc2oc3c(CC)c4c(oc5ccc(CC)cc54)c(CC)c3c2c1. The van der Waals surface area contributed by atoms with Crippen LogP contribution in [0.25, 0.3) is 43.9 Å². The van der Waals surface area contributed by atoms with E-state index in [9.17, 15) is 0 Å². The predicted octanol–water partition coefficient (Wildman–Crippen LogP) is 7.74. The molecule has 0 spiro atoms. The molecule has 0 amide bonds. The van der Waals surface area contributed by atoms with Crippen molar-refractivity contribution >= 4 is 43.9 Å². The quantitative estimate of drug-likeness (QED) is 0.323. The molecule has 0 bridgehead atoms. The molecule has 0 aliphatic rings. The van der Waals surface area contributed by atoms with Gasteiger partial charge in [0.1, 0.15) is 22.3 Å². The second-order valence-corrected chi connectivity index (χ2v) is 7.64. The average molecular weight is 370 g/mol. The van der Waals surface area contributed by atoms with Crippen molar-refractivity contribution in [3.8, 4) is 0 Å². The summed E-state index contributed by atoms with van der Waals surface area (Å²) in [4.78, 5) is 0.